The average Bonchev–Trinajstić information content (AvgIpc) is 2.46. The predicted molar refractivity (Wildman–Crippen MR) is 76.5 cm³/mol. The fourth-order valence-corrected chi connectivity index (χ4v) is 2.47. The standard InChI is InChI=1S/C16H20N2/c17-11-15(13-7-3-1-4-8-13)16(12-18)14-9-5-2-6-10-14/h1-10,15-16H,11-12,17-18H2/t15-,16+. The van der Waals surface area contributed by atoms with E-state index in [0.29, 0.717) is 13.1 Å². The molecule has 0 radical (unpaired) electrons. The van der Waals surface area contributed by atoms with Gasteiger partial charge in [-0.15, -0.1) is 0 Å². The fourth-order valence-electron chi connectivity index (χ4n) is 2.47. The molecule has 2 nitrogen and oxygen atoms in total. The Hall–Kier alpha value is -1.64. The van der Waals surface area contributed by atoms with Gasteiger partial charge >= 0.3 is 0 Å². The van der Waals surface area contributed by atoms with Gasteiger partial charge in [0.05, 0.1) is 0 Å². The highest BCUT2D eigenvalue weighted by Crippen LogP contribution is 2.31. The van der Waals surface area contributed by atoms with E-state index in [1.54, 1.807) is 0 Å². The minimum Gasteiger partial charge on any atom is -0.330 e. The highest BCUT2D eigenvalue weighted by atomic mass is 14.6. The Morgan fingerprint density at radius 2 is 0.944 bits per heavy atom. The second-order valence-corrected chi connectivity index (χ2v) is 4.51. The van der Waals surface area contributed by atoms with E-state index >= 15 is 0 Å². The first-order valence-electron chi connectivity index (χ1n) is 6.37. The minimum atomic E-state index is 0.276. The molecule has 0 aliphatic heterocycles. The van der Waals surface area contributed by atoms with E-state index in [1.165, 1.54) is 11.1 Å². The molecule has 2 aromatic rings. The van der Waals surface area contributed by atoms with Gasteiger partial charge in [0.15, 0.2) is 0 Å². The molecular weight excluding hydrogens is 220 g/mol. The zero-order valence-electron chi connectivity index (χ0n) is 10.5. The smallest absolute Gasteiger partial charge is 0.00420 e. The predicted octanol–water partition coefficient (Wildman–Crippen LogP) is 2.47. The highest BCUT2D eigenvalue weighted by Gasteiger charge is 2.21. The van der Waals surface area contributed by atoms with Gasteiger partial charge in [0.2, 0.25) is 0 Å². The van der Waals surface area contributed by atoms with Crippen molar-refractivity contribution in [1.82, 2.24) is 0 Å². The van der Waals surface area contributed by atoms with Gasteiger partial charge < -0.3 is 11.5 Å². The molecule has 0 aliphatic rings. The Labute approximate surface area is 109 Å². The molecule has 4 N–H and O–H groups in total. The summed E-state index contributed by atoms with van der Waals surface area (Å²) in [5.41, 5.74) is 14.5. The summed E-state index contributed by atoms with van der Waals surface area (Å²) in [5.74, 6) is 0.553. The lowest BCUT2D eigenvalue weighted by Crippen LogP contribution is -2.26. The third-order valence-electron chi connectivity index (χ3n) is 3.45. The van der Waals surface area contributed by atoms with E-state index in [-0.39, 0.29) is 11.8 Å². The SMILES string of the molecule is NC[C@H](c1ccccc1)[C@@H](CN)c1ccccc1. The zero-order valence-corrected chi connectivity index (χ0v) is 10.5. The molecule has 0 spiro atoms. The summed E-state index contributed by atoms with van der Waals surface area (Å²) in [6.45, 7) is 1.22. The first-order chi connectivity index (χ1) is 8.86. The number of hydrogen-bond acceptors (Lipinski definition) is 2. The van der Waals surface area contributed by atoms with E-state index in [4.69, 9.17) is 11.5 Å². The van der Waals surface area contributed by atoms with E-state index in [2.05, 4.69) is 48.5 Å². The molecule has 0 amide bonds. The molecule has 2 aromatic carbocycles. The molecule has 2 atom stereocenters. The molecule has 18 heavy (non-hydrogen) atoms. The second kappa shape index (κ2) is 6.34. The van der Waals surface area contributed by atoms with Crippen LogP contribution in [0.4, 0.5) is 0 Å². The van der Waals surface area contributed by atoms with Crippen molar-refractivity contribution in [2.75, 3.05) is 13.1 Å². The van der Waals surface area contributed by atoms with Crippen molar-refractivity contribution in [3.63, 3.8) is 0 Å². The van der Waals surface area contributed by atoms with Crippen LogP contribution >= 0.6 is 0 Å². The van der Waals surface area contributed by atoms with Gasteiger partial charge in [-0.25, -0.2) is 0 Å². The van der Waals surface area contributed by atoms with Crippen LogP contribution in [0.25, 0.3) is 0 Å². The van der Waals surface area contributed by atoms with Gasteiger partial charge in [-0.2, -0.15) is 0 Å². The van der Waals surface area contributed by atoms with Crippen LogP contribution in [0.15, 0.2) is 60.7 Å². The zero-order chi connectivity index (χ0) is 12.8. The summed E-state index contributed by atoms with van der Waals surface area (Å²) >= 11 is 0. The normalized spacial score (nSPS) is 14.1. The maximum atomic E-state index is 5.96. The molecule has 0 saturated heterocycles. The summed E-state index contributed by atoms with van der Waals surface area (Å²) in [5, 5.41) is 0. The molecule has 2 heteroatoms. The number of benzene rings is 2. The summed E-state index contributed by atoms with van der Waals surface area (Å²) in [6.07, 6.45) is 0. The molecule has 0 saturated carbocycles. The number of rotatable bonds is 5. The highest BCUT2D eigenvalue weighted by molar-refractivity contribution is 5.29. The summed E-state index contributed by atoms with van der Waals surface area (Å²) in [4.78, 5) is 0. The molecule has 94 valence electrons. The van der Waals surface area contributed by atoms with Gasteiger partial charge in [0.25, 0.3) is 0 Å². The monoisotopic (exact) mass is 240 g/mol. The molecular formula is C16H20N2. The van der Waals surface area contributed by atoms with Crippen LogP contribution in [-0.4, -0.2) is 13.1 Å². The van der Waals surface area contributed by atoms with Crippen molar-refractivity contribution in [3.8, 4) is 0 Å². The molecule has 0 aliphatic carbocycles. The largest absolute Gasteiger partial charge is 0.330 e. The molecule has 0 unspecified atom stereocenters. The second-order valence-electron chi connectivity index (χ2n) is 4.51. The van der Waals surface area contributed by atoms with E-state index in [1.807, 2.05) is 12.1 Å². The third-order valence-corrected chi connectivity index (χ3v) is 3.45. The molecule has 0 aromatic heterocycles. The van der Waals surface area contributed by atoms with Crippen LogP contribution in [0.3, 0.4) is 0 Å². The van der Waals surface area contributed by atoms with Crippen LogP contribution < -0.4 is 11.5 Å². The molecule has 2 rings (SSSR count). The summed E-state index contributed by atoms with van der Waals surface area (Å²) in [7, 11) is 0. The maximum absolute atomic E-state index is 5.96. The first kappa shape index (κ1) is 12.8. The van der Waals surface area contributed by atoms with Gasteiger partial charge in [0.1, 0.15) is 0 Å². The van der Waals surface area contributed by atoms with Gasteiger partial charge in [-0.3, -0.25) is 0 Å². The van der Waals surface area contributed by atoms with Gasteiger partial charge in [-0.05, 0) is 24.2 Å². The number of hydrogen-bond donors (Lipinski definition) is 2. The maximum Gasteiger partial charge on any atom is 0.00420 e. The van der Waals surface area contributed by atoms with Crippen molar-refractivity contribution in [2.24, 2.45) is 11.5 Å². The van der Waals surface area contributed by atoms with Crippen molar-refractivity contribution >= 4 is 0 Å². The van der Waals surface area contributed by atoms with Crippen molar-refractivity contribution in [1.29, 1.82) is 0 Å². The Kier molecular flexibility index (Phi) is 4.51. The lowest BCUT2D eigenvalue weighted by molar-refractivity contribution is 0.553. The van der Waals surface area contributed by atoms with Crippen molar-refractivity contribution < 1.29 is 0 Å². The van der Waals surface area contributed by atoms with Crippen LogP contribution in [0, 0.1) is 0 Å². The molecule has 0 heterocycles. The summed E-state index contributed by atoms with van der Waals surface area (Å²) < 4.78 is 0. The lowest BCUT2D eigenvalue weighted by atomic mass is 9.81. The molecule has 0 fully saturated rings. The van der Waals surface area contributed by atoms with Crippen LogP contribution in [0.2, 0.25) is 0 Å². The van der Waals surface area contributed by atoms with E-state index in [0.717, 1.165) is 0 Å². The number of nitrogens with two attached hydrogens (primary N) is 2. The molecule has 0 bridgehead atoms. The Bertz CT molecular complexity index is 408. The van der Waals surface area contributed by atoms with Crippen LogP contribution in [-0.2, 0) is 0 Å². The van der Waals surface area contributed by atoms with Crippen LogP contribution in [0.1, 0.15) is 23.0 Å². The van der Waals surface area contributed by atoms with Crippen molar-refractivity contribution in [3.05, 3.63) is 71.8 Å². The first-order valence-corrected chi connectivity index (χ1v) is 6.37. The fraction of sp³-hybridized carbons (Fsp3) is 0.250. The Morgan fingerprint density at radius 1 is 0.611 bits per heavy atom. The van der Waals surface area contributed by atoms with Gasteiger partial charge in [0, 0.05) is 11.8 Å². The Morgan fingerprint density at radius 3 is 1.22 bits per heavy atom. The van der Waals surface area contributed by atoms with E-state index < -0.39 is 0 Å². The quantitative estimate of drug-likeness (QED) is 0.843. The van der Waals surface area contributed by atoms with Gasteiger partial charge in [-0.1, -0.05) is 60.7 Å². The lowest BCUT2D eigenvalue weighted by Gasteiger charge is -2.25. The van der Waals surface area contributed by atoms with Crippen molar-refractivity contribution in [2.45, 2.75) is 11.8 Å². The minimum absolute atomic E-state index is 0.276. The van der Waals surface area contributed by atoms with Crippen LogP contribution in [0.5, 0.6) is 0 Å². The van der Waals surface area contributed by atoms with E-state index in [9.17, 15) is 0 Å². The topological polar surface area (TPSA) is 52.0 Å². The summed E-state index contributed by atoms with van der Waals surface area (Å²) in [6, 6.07) is 20.8. The Balaban J connectivity index is 2.31. The average molecular weight is 240 g/mol. The third kappa shape index (κ3) is 2.78.